The van der Waals surface area contributed by atoms with E-state index in [0.29, 0.717) is 10.6 Å². The zero-order valence-corrected chi connectivity index (χ0v) is 10.3. The van der Waals surface area contributed by atoms with E-state index in [1.165, 1.54) is 12.6 Å². The summed E-state index contributed by atoms with van der Waals surface area (Å²) in [6, 6.07) is 1.44. The minimum Gasteiger partial charge on any atom is -0.383 e. The van der Waals surface area contributed by atoms with Crippen LogP contribution in [0.15, 0.2) is 12.3 Å². The summed E-state index contributed by atoms with van der Waals surface area (Å²) in [5.41, 5.74) is 6.15. The summed E-state index contributed by atoms with van der Waals surface area (Å²) in [6.07, 6.45) is 5.66. The van der Waals surface area contributed by atoms with Crippen molar-refractivity contribution in [1.82, 2.24) is 10.3 Å². The highest BCUT2D eigenvalue weighted by atomic mass is 35.5. The van der Waals surface area contributed by atoms with Gasteiger partial charge in [0.15, 0.2) is 5.78 Å². The largest absolute Gasteiger partial charge is 0.383 e. The number of aromatic nitrogens is 1. The zero-order valence-electron chi connectivity index (χ0n) is 9.58. The van der Waals surface area contributed by atoms with E-state index in [1.807, 2.05) is 0 Å². The number of hydrogen-bond acceptors (Lipinski definition) is 4. The second kappa shape index (κ2) is 5.47. The van der Waals surface area contributed by atoms with E-state index in [1.54, 1.807) is 6.07 Å². The van der Waals surface area contributed by atoms with Crippen LogP contribution in [0.3, 0.4) is 0 Å². The second-order valence-electron chi connectivity index (χ2n) is 4.31. The van der Waals surface area contributed by atoms with Gasteiger partial charge in [-0.15, -0.1) is 0 Å². The van der Waals surface area contributed by atoms with Gasteiger partial charge < -0.3 is 11.1 Å². The van der Waals surface area contributed by atoms with Gasteiger partial charge in [-0.1, -0.05) is 24.4 Å². The van der Waals surface area contributed by atoms with Crippen molar-refractivity contribution >= 4 is 23.2 Å². The minimum absolute atomic E-state index is 0.000556. The van der Waals surface area contributed by atoms with E-state index in [0.717, 1.165) is 25.8 Å². The third-order valence-corrected chi connectivity index (χ3v) is 3.23. The van der Waals surface area contributed by atoms with Crippen LogP contribution in [0.2, 0.25) is 5.02 Å². The van der Waals surface area contributed by atoms with E-state index in [2.05, 4.69) is 10.3 Å². The SMILES string of the molecule is Nc1ncc(Cl)cc1C(=O)C1CCCCCN1. The molecular formula is C12H16ClN3O. The number of nitrogens with one attached hydrogen (secondary N) is 1. The van der Waals surface area contributed by atoms with Crippen molar-refractivity contribution in [1.29, 1.82) is 0 Å². The molecule has 0 aliphatic carbocycles. The van der Waals surface area contributed by atoms with Crippen LogP contribution < -0.4 is 11.1 Å². The molecular weight excluding hydrogens is 238 g/mol. The van der Waals surface area contributed by atoms with Crippen molar-refractivity contribution in [3.63, 3.8) is 0 Å². The van der Waals surface area contributed by atoms with Crippen LogP contribution in [-0.2, 0) is 0 Å². The standard InChI is InChI=1S/C12H16ClN3O/c13-8-6-9(12(14)16-7-8)11(17)10-4-2-1-3-5-15-10/h6-7,10,15H,1-5H2,(H2,14,16). The summed E-state index contributed by atoms with van der Waals surface area (Å²) in [4.78, 5) is 16.2. The van der Waals surface area contributed by atoms with Crippen molar-refractivity contribution in [2.24, 2.45) is 0 Å². The number of nitrogens with zero attached hydrogens (tertiary/aromatic N) is 1. The van der Waals surface area contributed by atoms with Crippen LogP contribution in [0.5, 0.6) is 0 Å². The summed E-state index contributed by atoms with van der Waals surface area (Å²) in [5.74, 6) is 0.254. The molecule has 3 N–H and O–H groups in total. The molecule has 2 rings (SSSR count). The molecule has 17 heavy (non-hydrogen) atoms. The van der Waals surface area contributed by atoms with Gasteiger partial charge in [-0.3, -0.25) is 4.79 Å². The molecule has 5 heteroatoms. The van der Waals surface area contributed by atoms with Gasteiger partial charge in [0, 0.05) is 6.20 Å². The molecule has 4 nitrogen and oxygen atoms in total. The molecule has 0 bridgehead atoms. The van der Waals surface area contributed by atoms with E-state index in [-0.39, 0.29) is 17.6 Å². The minimum atomic E-state index is -0.153. The molecule has 1 aliphatic heterocycles. The van der Waals surface area contributed by atoms with Gasteiger partial charge in [-0.05, 0) is 25.5 Å². The topological polar surface area (TPSA) is 68.0 Å². The molecule has 0 amide bonds. The Bertz CT molecular complexity index is 414. The van der Waals surface area contributed by atoms with Crippen molar-refractivity contribution in [2.75, 3.05) is 12.3 Å². The van der Waals surface area contributed by atoms with Crippen LogP contribution in [0.1, 0.15) is 36.0 Å². The molecule has 0 saturated carbocycles. The Kier molecular flexibility index (Phi) is 3.97. The molecule has 92 valence electrons. The van der Waals surface area contributed by atoms with Crippen LogP contribution in [0.25, 0.3) is 0 Å². The Hall–Kier alpha value is -1.13. The summed E-state index contributed by atoms with van der Waals surface area (Å²) < 4.78 is 0. The Labute approximate surface area is 106 Å². The third-order valence-electron chi connectivity index (χ3n) is 3.03. The predicted molar refractivity (Wildman–Crippen MR) is 68.2 cm³/mol. The molecule has 0 aromatic carbocycles. The average Bonchev–Trinajstić information content (AvgIpc) is 2.60. The molecule has 1 unspecified atom stereocenters. The third kappa shape index (κ3) is 2.96. The average molecular weight is 254 g/mol. The first kappa shape index (κ1) is 12.3. The van der Waals surface area contributed by atoms with Gasteiger partial charge in [0.1, 0.15) is 5.82 Å². The maximum atomic E-state index is 12.3. The van der Waals surface area contributed by atoms with E-state index >= 15 is 0 Å². The van der Waals surface area contributed by atoms with Gasteiger partial charge in [0.05, 0.1) is 16.6 Å². The van der Waals surface area contributed by atoms with Gasteiger partial charge >= 0.3 is 0 Å². The molecule has 0 radical (unpaired) electrons. The molecule has 0 spiro atoms. The van der Waals surface area contributed by atoms with Gasteiger partial charge in [-0.25, -0.2) is 4.98 Å². The molecule has 1 aromatic heterocycles. The molecule has 1 fully saturated rings. The quantitative estimate of drug-likeness (QED) is 0.792. The van der Waals surface area contributed by atoms with Crippen molar-refractivity contribution in [3.05, 3.63) is 22.8 Å². The van der Waals surface area contributed by atoms with Crippen LogP contribution in [-0.4, -0.2) is 23.4 Å². The van der Waals surface area contributed by atoms with Gasteiger partial charge in [-0.2, -0.15) is 0 Å². The molecule has 1 aromatic rings. The number of rotatable bonds is 2. The lowest BCUT2D eigenvalue weighted by Crippen LogP contribution is -2.36. The Morgan fingerprint density at radius 2 is 2.29 bits per heavy atom. The van der Waals surface area contributed by atoms with Gasteiger partial charge in [0.2, 0.25) is 0 Å². The van der Waals surface area contributed by atoms with E-state index in [9.17, 15) is 4.79 Å². The summed E-state index contributed by atoms with van der Waals surface area (Å²) in [5, 5.41) is 3.69. The number of pyridine rings is 1. The van der Waals surface area contributed by atoms with Crippen LogP contribution in [0, 0.1) is 0 Å². The van der Waals surface area contributed by atoms with Crippen molar-refractivity contribution < 1.29 is 4.79 Å². The van der Waals surface area contributed by atoms with Gasteiger partial charge in [0.25, 0.3) is 0 Å². The second-order valence-corrected chi connectivity index (χ2v) is 4.74. The first-order chi connectivity index (χ1) is 8.18. The fourth-order valence-electron chi connectivity index (χ4n) is 2.09. The normalized spacial score (nSPS) is 20.9. The molecule has 2 heterocycles. The molecule has 1 atom stereocenters. The van der Waals surface area contributed by atoms with Crippen LogP contribution in [0.4, 0.5) is 5.82 Å². The van der Waals surface area contributed by atoms with Crippen molar-refractivity contribution in [3.8, 4) is 0 Å². The number of nitrogens with two attached hydrogens (primary N) is 1. The van der Waals surface area contributed by atoms with Crippen molar-refractivity contribution in [2.45, 2.75) is 31.7 Å². The lowest BCUT2D eigenvalue weighted by Gasteiger charge is -2.15. The number of halogens is 1. The zero-order chi connectivity index (χ0) is 12.3. The van der Waals surface area contributed by atoms with E-state index in [4.69, 9.17) is 17.3 Å². The highest BCUT2D eigenvalue weighted by Crippen LogP contribution is 2.19. The molecule has 1 saturated heterocycles. The number of Topliss-reactive ketones (excluding diaryl/α,β-unsaturated/α-hetero) is 1. The number of nitrogen functional groups attached to an aromatic ring is 1. The predicted octanol–water partition coefficient (Wildman–Crippen LogP) is 2.03. The smallest absolute Gasteiger partial charge is 0.183 e. The Morgan fingerprint density at radius 1 is 1.47 bits per heavy atom. The first-order valence-electron chi connectivity index (χ1n) is 5.87. The maximum absolute atomic E-state index is 12.3. The fourth-order valence-corrected chi connectivity index (χ4v) is 2.25. The number of carbonyl (C=O) groups is 1. The first-order valence-corrected chi connectivity index (χ1v) is 6.25. The number of hydrogen-bond donors (Lipinski definition) is 2. The number of carbonyl (C=O) groups excluding carboxylic acids is 1. The lowest BCUT2D eigenvalue weighted by atomic mass is 10.0. The number of ketones is 1. The fraction of sp³-hybridized carbons (Fsp3) is 0.500. The lowest BCUT2D eigenvalue weighted by molar-refractivity contribution is 0.0941. The summed E-state index contributed by atoms with van der Waals surface area (Å²) in [6.45, 7) is 0.879. The number of anilines is 1. The van der Waals surface area contributed by atoms with Crippen LogP contribution >= 0.6 is 11.6 Å². The Morgan fingerprint density at radius 3 is 3.12 bits per heavy atom. The van der Waals surface area contributed by atoms with E-state index < -0.39 is 0 Å². The maximum Gasteiger partial charge on any atom is 0.183 e. The highest BCUT2D eigenvalue weighted by Gasteiger charge is 2.23. The highest BCUT2D eigenvalue weighted by molar-refractivity contribution is 6.31. The molecule has 1 aliphatic rings. The monoisotopic (exact) mass is 253 g/mol. The summed E-state index contributed by atoms with van der Waals surface area (Å²) >= 11 is 5.84. The Balaban J connectivity index is 2.20. The summed E-state index contributed by atoms with van der Waals surface area (Å²) in [7, 11) is 0.